The molecule has 2 rings (SSSR count). The molecule has 1 aliphatic heterocycles. The summed E-state index contributed by atoms with van der Waals surface area (Å²) < 4.78 is 5.25. The normalized spacial score (nSPS) is 22.7. The van der Waals surface area contributed by atoms with E-state index >= 15 is 0 Å². The van der Waals surface area contributed by atoms with Crippen LogP contribution in [0.5, 0.6) is 5.75 Å². The largest absolute Gasteiger partial charge is 0.496 e. The fraction of sp³-hybridized carbons (Fsp3) is 0.533. The zero-order valence-electron chi connectivity index (χ0n) is 11.8. The number of nitrogens with zero attached hydrogens (tertiary/aromatic N) is 1. The molecule has 0 unspecified atom stereocenters. The van der Waals surface area contributed by atoms with Gasteiger partial charge in [0.15, 0.2) is 0 Å². The monoisotopic (exact) mass is 297 g/mol. The van der Waals surface area contributed by atoms with Gasteiger partial charge in [0.25, 0.3) is 0 Å². The lowest BCUT2D eigenvalue weighted by Gasteiger charge is -2.34. The van der Waals surface area contributed by atoms with Gasteiger partial charge in [-0.05, 0) is 24.5 Å². The lowest BCUT2D eigenvalue weighted by Crippen LogP contribution is -2.46. The number of hydrogen-bond donors (Lipinski definition) is 1. The van der Waals surface area contributed by atoms with Gasteiger partial charge in [-0.15, -0.1) is 0 Å². The van der Waals surface area contributed by atoms with Crippen molar-refractivity contribution >= 4 is 17.5 Å². The van der Waals surface area contributed by atoms with E-state index in [1.165, 1.54) is 0 Å². The van der Waals surface area contributed by atoms with Gasteiger partial charge in [-0.25, -0.2) is 0 Å². The molecular weight excluding hydrogens is 278 g/mol. The SMILES string of the molecule is COc1cccc(Cl)c1CC(=O)N1CC[C@@H](C)[C@@H](O)C1. The summed E-state index contributed by atoms with van der Waals surface area (Å²) in [4.78, 5) is 14.0. The first-order chi connectivity index (χ1) is 9.52. The minimum atomic E-state index is -0.444. The molecule has 1 aromatic rings. The summed E-state index contributed by atoms with van der Waals surface area (Å²) in [5.74, 6) is 0.841. The molecule has 2 atom stereocenters. The zero-order chi connectivity index (χ0) is 14.7. The Morgan fingerprint density at radius 1 is 1.55 bits per heavy atom. The molecule has 1 heterocycles. The van der Waals surface area contributed by atoms with E-state index in [1.807, 2.05) is 6.92 Å². The molecular formula is C15H20ClNO3. The number of rotatable bonds is 3. The number of benzene rings is 1. The molecule has 5 heteroatoms. The fourth-order valence-corrected chi connectivity index (χ4v) is 2.67. The van der Waals surface area contributed by atoms with Gasteiger partial charge in [0, 0.05) is 23.7 Å². The Bertz CT molecular complexity index is 492. The van der Waals surface area contributed by atoms with Crippen molar-refractivity contribution in [1.29, 1.82) is 0 Å². The number of aliphatic hydroxyl groups is 1. The van der Waals surface area contributed by atoms with Crippen LogP contribution in [0.25, 0.3) is 0 Å². The number of amides is 1. The zero-order valence-corrected chi connectivity index (χ0v) is 12.6. The maximum Gasteiger partial charge on any atom is 0.227 e. The van der Waals surface area contributed by atoms with Gasteiger partial charge in [0.2, 0.25) is 5.91 Å². The Morgan fingerprint density at radius 3 is 2.95 bits per heavy atom. The van der Waals surface area contributed by atoms with Gasteiger partial charge in [-0.3, -0.25) is 4.79 Å². The molecule has 1 amide bonds. The number of piperidine rings is 1. The van der Waals surface area contributed by atoms with E-state index in [0.717, 1.165) is 6.42 Å². The third-order valence-electron chi connectivity index (χ3n) is 3.90. The third-order valence-corrected chi connectivity index (χ3v) is 4.25. The lowest BCUT2D eigenvalue weighted by molar-refractivity contribution is -0.134. The molecule has 1 saturated heterocycles. The highest BCUT2D eigenvalue weighted by atomic mass is 35.5. The second-order valence-corrected chi connectivity index (χ2v) is 5.68. The van der Waals surface area contributed by atoms with Crippen LogP contribution < -0.4 is 4.74 Å². The molecule has 4 nitrogen and oxygen atoms in total. The highest BCUT2D eigenvalue weighted by Gasteiger charge is 2.27. The maximum atomic E-state index is 12.3. The standard InChI is InChI=1S/C15H20ClNO3/c1-10-6-7-17(9-13(10)18)15(19)8-11-12(16)4-3-5-14(11)20-2/h3-5,10,13,18H,6-9H2,1-2H3/t10-,13+/m1/s1. The number of halogens is 1. The van der Waals surface area contributed by atoms with Crippen molar-refractivity contribution < 1.29 is 14.6 Å². The lowest BCUT2D eigenvalue weighted by atomic mass is 9.95. The first kappa shape index (κ1) is 15.1. The van der Waals surface area contributed by atoms with Crippen LogP contribution in [-0.2, 0) is 11.2 Å². The predicted molar refractivity (Wildman–Crippen MR) is 78.1 cm³/mol. The number of carbonyl (C=O) groups is 1. The summed E-state index contributed by atoms with van der Waals surface area (Å²) in [5.41, 5.74) is 0.703. The van der Waals surface area contributed by atoms with E-state index in [0.29, 0.717) is 29.4 Å². The van der Waals surface area contributed by atoms with Crippen LogP contribution in [-0.4, -0.2) is 42.2 Å². The Morgan fingerprint density at radius 2 is 2.30 bits per heavy atom. The van der Waals surface area contributed by atoms with Crippen molar-refractivity contribution in [2.24, 2.45) is 5.92 Å². The molecule has 0 aromatic heterocycles. The molecule has 1 aliphatic rings. The molecule has 0 radical (unpaired) electrons. The number of likely N-dealkylation sites (tertiary alicyclic amines) is 1. The predicted octanol–water partition coefficient (Wildman–Crippen LogP) is 2.12. The third kappa shape index (κ3) is 3.25. The van der Waals surface area contributed by atoms with Crippen molar-refractivity contribution in [3.63, 3.8) is 0 Å². The number of ether oxygens (including phenoxy) is 1. The van der Waals surface area contributed by atoms with Crippen LogP contribution in [0, 0.1) is 5.92 Å². The average molecular weight is 298 g/mol. The van der Waals surface area contributed by atoms with Crippen molar-refractivity contribution in [2.75, 3.05) is 20.2 Å². The molecule has 0 aliphatic carbocycles. The number of aliphatic hydroxyl groups excluding tert-OH is 1. The smallest absolute Gasteiger partial charge is 0.227 e. The Labute approximate surface area is 124 Å². The average Bonchev–Trinajstić information content (AvgIpc) is 2.44. The highest BCUT2D eigenvalue weighted by Crippen LogP contribution is 2.27. The van der Waals surface area contributed by atoms with Crippen LogP contribution in [0.15, 0.2) is 18.2 Å². The van der Waals surface area contributed by atoms with Gasteiger partial charge in [-0.2, -0.15) is 0 Å². The van der Waals surface area contributed by atoms with Crippen LogP contribution in [0.2, 0.25) is 5.02 Å². The van der Waals surface area contributed by atoms with Crippen molar-refractivity contribution in [2.45, 2.75) is 25.9 Å². The van der Waals surface area contributed by atoms with Gasteiger partial charge in [-0.1, -0.05) is 24.6 Å². The molecule has 0 saturated carbocycles. The first-order valence-corrected chi connectivity index (χ1v) is 7.18. The summed E-state index contributed by atoms with van der Waals surface area (Å²) in [6, 6.07) is 5.34. The second kappa shape index (κ2) is 6.46. The summed E-state index contributed by atoms with van der Waals surface area (Å²) in [7, 11) is 1.56. The van der Waals surface area contributed by atoms with Gasteiger partial charge >= 0.3 is 0 Å². The second-order valence-electron chi connectivity index (χ2n) is 5.27. The molecule has 0 bridgehead atoms. The van der Waals surface area contributed by atoms with E-state index in [4.69, 9.17) is 16.3 Å². The molecule has 110 valence electrons. The number of hydrogen-bond acceptors (Lipinski definition) is 3. The number of β-amino-alcohol motifs (C(OH)–C–C–N with tert-alkyl or cyclic N) is 1. The summed E-state index contributed by atoms with van der Waals surface area (Å²) in [6.07, 6.45) is 0.581. The molecule has 1 fully saturated rings. The minimum absolute atomic E-state index is 0.0256. The first-order valence-electron chi connectivity index (χ1n) is 6.80. The summed E-state index contributed by atoms with van der Waals surface area (Å²) >= 11 is 6.14. The Balaban J connectivity index is 2.09. The quantitative estimate of drug-likeness (QED) is 0.930. The van der Waals surface area contributed by atoms with Gasteiger partial charge in [0.05, 0.1) is 19.6 Å². The van der Waals surface area contributed by atoms with E-state index in [9.17, 15) is 9.90 Å². The van der Waals surface area contributed by atoms with E-state index in [1.54, 1.807) is 30.2 Å². The van der Waals surface area contributed by atoms with E-state index < -0.39 is 6.10 Å². The molecule has 1 aromatic carbocycles. The summed E-state index contributed by atoms with van der Waals surface area (Å²) in [6.45, 7) is 3.08. The number of carbonyl (C=O) groups excluding carboxylic acids is 1. The fourth-order valence-electron chi connectivity index (χ4n) is 2.44. The van der Waals surface area contributed by atoms with Crippen molar-refractivity contribution in [1.82, 2.24) is 4.90 Å². The van der Waals surface area contributed by atoms with Gasteiger partial charge < -0.3 is 14.7 Å². The topological polar surface area (TPSA) is 49.8 Å². The van der Waals surface area contributed by atoms with Crippen LogP contribution in [0.1, 0.15) is 18.9 Å². The minimum Gasteiger partial charge on any atom is -0.496 e. The Kier molecular flexibility index (Phi) is 4.89. The summed E-state index contributed by atoms with van der Waals surface area (Å²) in [5, 5.41) is 10.4. The molecule has 1 N–H and O–H groups in total. The maximum absolute atomic E-state index is 12.3. The van der Waals surface area contributed by atoms with Gasteiger partial charge in [0.1, 0.15) is 5.75 Å². The number of methoxy groups -OCH3 is 1. The van der Waals surface area contributed by atoms with Crippen LogP contribution in [0.3, 0.4) is 0 Å². The molecule has 0 spiro atoms. The van der Waals surface area contributed by atoms with E-state index in [2.05, 4.69) is 0 Å². The van der Waals surface area contributed by atoms with Crippen LogP contribution >= 0.6 is 11.6 Å². The van der Waals surface area contributed by atoms with Crippen molar-refractivity contribution in [3.05, 3.63) is 28.8 Å². The molecule has 20 heavy (non-hydrogen) atoms. The van der Waals surface area contributed by atoms with Crippen LogP contribution in [0.4, 0.5) is 0 Å². The Hall–Kier alpha value is -1.26. The van der Waals surface area contributed by atoms with Crippen molar-refractivity contribution in [3.8, 4) is 5.75 Å². The highest BCUT2D eigenvalue weighted by molar-refractivity contribution is 6.31. The van der Waals surface area contributed by atoms with E-state index in [-0.39, 0.29) is 18.2 Å².